The third-order valence-corrected chi connectivity index (χ3v) is 6.96. The maximum atomic E-state index is 6.33. The molecule has 5 rings (SSSR count). The molecule has 2 heterocycles. The highest BCUT2D eigenvalue weighted by atomic mass is 16.5. The van der Waals surface area contributed by atoms with Crippen molar-refractivity contribution >= 4 is 11.0 Å². The molecule has 2 aliphatic rings. The zero-order valence-corrected chi connectivity index (χ0v) is 19.1. The zero-order valence-electron chi connectivity index (χ0n) is 19.1. The van der Waals surface area contributed by atoms with E-state index in [9.17, 15) is 0 Å². The number of methoxy groups -OCH3 is 2. The summed E-state index contributed by atoms with van der Waals surface area (Å²) in [6.45, 7) is 2.00. The van der Waals surface area contributed by atoms with Crippen LogP contribution in [0.15, 0.2) is 46.9 Å². The molecule has 5 heteroatoms. The van der Waals surface area contributed by atoms with Crippen LogP contribution in [0, 0.1) is 5.92 Å². The molecule has 2 atom stereocenters. The second-order valence-corrected chi connectivity index (χ2v) is 9.21. The third kappa shape index (κ3) is 4.58. The molecule has 1 aliphatic heterocycles. The molecule has 1 aliphatic carbocycles. The van der Waals surface area contributed by atoms with Crippen LogP contribution in [-0.2, 0) is 6.42 Å². The number of piperidine rings is 1. The van der Waals surface area contributed by atoms with Gasteiger partial charge in [-0.1, -0.05) is 6.07 Å². The van der Waals surface area contributed by atoms with E-state index in [2.05, 4.69) is 29.6 Å². The molecule has 0 bridgehead atoms. The molecule has 2 fully saturated rings. The van der Waals surface area contributed by atoms with Crippen LogP contribution in [0.25, 0.3) is 11.0 Å². The van der Waals surface area contributed by atoms with Crippen LogP contribution in [0.3, 0.4) is 0 Å². The first-order valence-electron chi connectivity index (χ1n) is 11.8. The Hall–Kier alpha value is -2.66. The number of ether oxygens (including phenoxy) is 3. The molecule has 3 aromatic rings. The standard InChI is InChI=1S/C27H33NO4/c1-29-23-8-10-25-20(13-23)14-24(32-25)12-18-11-21(17-28-16-18)19-7-9-26(30-2)27(15-19)31-22-5-3-4-6-22/h7-10,13-15,18,21-22,28H,3-6,11-12,16-17H2,1-2H3/t18-,21+/m0/s1. The van der Waals surface area contributed by atoms with Gasteiger partial charge in [0.15, 0.2) is 11.5 Å². The Kier molecular flexibility index (Phi) is 6.26. The van der Waals surface area contributed by atoms with Gasteiger partial charge in [-0.25, -0.2) is 0 Å². The predicted molar refractivity (Wildman–Crippen MR) is 126 cm³/mol. The summed E-state index contributed by atoms with van der Waals surface area (Å²) in [4.78, 5) is 0. The second-order valence-electron chi connectivity index (χ2n) is 9.21. The summed E-state index contributed by atoms with van der Waals surface area (Å²) in [5.41, 5.74) is 2.25. The number of nitrogens with one attached hydrogen (secondary N) is 1. The number of furan rings is 1. The van der Waals surface area contributed by atoms with Gasteiger partial charge in [0.05, 0.1) is 20.3 Å². The fourth-order valence-corrected chi connectivity index (χ4v) is 5.25. The summed E-state index contributed by atoms with van der Waals surface area (Å²) in [7, 11) is 3.41. The van der Waals surface area contributed by atoms with Gasteiger partial charge < -0.3 is 23.9 Å². The minimum Gasteiger partial charge on any atom is -0.497 e. The van der Waals surface area contributed by atoms with Crippen LogP contribution >= 0.6 is 0 Å². The van der Waals surface area contributed by atoms with Crippen LogP contribution in [0.4, 0.5) is 0 Å². The molecule has 2 aromatic carbocycles. The average Bonchev–Trinajstić information content (AvgIpc) is 3.48. The van der Waals surface area contributed by atoms with Crippen LogP contribution < -0.4 is 19.5 Å². The number of hydrogen-bond donors (Lipinski definition) is 1. The quantitative estimate of drug-likeness (QED) is 0.515. The molecule has 170 valence electrons. The summed E-state index contributed by atoms with van der Waals surface area (Å²) in [6.07, 6.45) is 7.19. The van der Waals surface area contributed by atoms with Gasteiger partial charge in [0, 0.05) is 18.4 Å². The van der Waals surface area contributed by atoms with E-state index in [-0.39, 0.29) is 0 Å². The Balaban J connectivity index is 1.29. The van der Waals surface area contributed by atoms with Crippen molar-refractivity contribution in [2.45, 2.75) is 50.5 Å². The van der Waals surface area contributed by atoms with Crippen molar-refractivity contribution in [2.24, 2.45) is 5.92 Å². The highest BCUT2D eigenvalue weighted by Crippen LogP contribution is 2.37. The van der Waals surface area contributed by atoms with Crippen LogP contribution in [0.5, 0.6) is 17.2 Å². The smallest absolute Gasteiger partial charge is 0.161 e. The Morgan fingerprint density at radius 1 is 0.938 bits per heavy atom. The third-order valence-electron chi connectivity index (χ3n) is 6.96. The Morgan fingerprint density at radius 2 is 1.81 bits per heavy atom. The summed E-state index contributed by atoms with van der Waals surface area (Å²) in [6, 6.07) is 14.6. The van der Waals surface area contributed by atoms with E-state index in [4.69, 9.17) is 18.6 Å². The highest BCUT2D eigenvalue weighted by molar-refractivity contribution is 5.79. The summed E-state index contributed by atoms with van der Waals surface area (Å²) >= 11 is 0. The van der Waals surface area contributed by atoms with Crippen molar-refractivity contribution in [3.63, 3.8) is 0 Å². The molecule has 1 aromatic heterocycles. The highest BCUT2D eigenvalue weighted by Gasteiger charge is 2.26. The minimum absolute atomic E-state index is 0.322. The zero-order chi connectivity index (χ0) is 21.9. The molecule has 5 nitrogen and oxygen atoms in total. The van der Waals surface area contributed by atoms with Crippen molar-refractivity contribution in [3.8, 4) is 17.2 Å². The lowest BCUT2D eigenvalue weighted by atomic mass is 9.83. The van der Waals surface area contributed by atoms with Crippen molar-refractivity contribution in [3.05, 3.63) is 53.8 Å². The van der Waals surface area contributed by atoms with Crippen molar-refractivity contribution < 1.29 is 18.6 Å². The van der Waals surface area contributed by atoms with E-state index < -0.39 is 0 Å². The minimum atomic E-state index is 0.322. The Labute approximate surface area is 190 Å². The van der Waals surface area contributed by atoms with E-state index in [1.165, 1.54) is 18.4 Å². The van der Waals surface area contributed by atoms with Gasteiger partial charge in [-0.2, -0.15) is 0 Å². The van der Waals surface area contributed by atoms with Gasteiger partial charge in [0.25, 0.3) is 0 Å². The SMILES string of the molecule is COc1ccc2oc(C[C@H]3CNC[C@H](c4ccc(OC)c(OC5CCCC5)c4)C3)cc2c1. The Morgan fingerprint density at radius 3 is 2.62 bits per heavy atom. The molecule has 1 saturated heterocycles. The summed E-state index contributed by atoms with van der Waals surface area (Å²) < 4.78 is 23.4. The van der Waals surface area contributed by atoms with Crippen LogP contribution in [0.1, 0.15) is 49.3 Å². The lowest BCUT2D eigenvalue weighted by Crippen LogP contribution is -2.36. The predicted octanol–water partition coefficient (Wildman–Crippen LogP) is 5.71. The van der Waals surface area contributed by atoms with Crippen molar-refractivity contribution in [1.29, 1.82) is 0 Å². The second kappa shape index (κ2) is 9.45. The van der Waals surface area contributed by atoms with Gasteiger partial charge in [-0.3, -0.25) is 0 Å². The lowest BCUT2D eigenvalue weighted by Gasteiger charge is -2.30. The number of rotatable bonds is 7. The molecular formula is C27H33NO4. The summed E-state index contributed by atoms with van der Waals surface area (Å²) in [5.74, 6) is 4.61. The molecular weight excluding hydrogens is 402 g/mol. The van der Waals surface area contributed by atoms with E-state index in [0.29, 0.717) is 17.9 Å². The van der Waals surface area contributed by atoms with Gasteiger partial charge in [-0.05, 0) is 92.4 Å². The van der Waals surface area contributed by atoms with E-state index in [1.807, 2.05) is 18.2 Å². The van der Waals surface area contributed by atoms with Gasteiger partial charge in [-0.15, -0.1) is 0 Å². The topological polar surface area (TPSA) is 52.9 Å². The average molecular weight is 436 g/mol. The van der Waals surface area contributed by atoms with Gasteiger partial charge in [0.2, 0.25) is 0 Å². The Bertz CT molecular complexity index is 1050. The first kappa shape index (κ1) is 21.2. The number of benzene rings is 2. The maximum absolute atomic E-state index is 6.33. The van der Waals surface area contributed by atoms with E-state index in [0.717, 1.165) is 72.8 Å². The molecule has 32 heavy (non-hydrogen) atoms. The lowest BCUT2D eigenvalue weighted by molar-refractivity contribution is 0.200. The van der Waals surface area contributed by atoms with Crippen molar-refractivity contribution in [1.82, 2.24) is 5.32 Å². The van der Waals surface area contributed by atoms with Crippen LogP contribution in [-0.4, -0.2) is 33.4 Å². The normalized spacial score (nSPS) is 21.7. The fraction of sp³-hybridized carbons (Fsp3) is 0.481. The molecule has 0 spiro atoms. The van der Waals surface area contributed by atoms with E-state index >= 15 is 0 Å². The monoisotopic (exact) mass is 435 g/mol. The van der Waals surface area contributed by atoms with Crippen LogP contribution in [0.2, 0.25) is 0 Å². The molecule has 0 radical (unpaired) electrons. The largest absolute Gasteiger partial charge is 0.497 e. The maximum Gasteiger partial charge on any atom is 0.161 e. The first-order chi connectivity index (χ1) is 15.7. The molecule has 1 N–H and O–H groups in total. The molecule has 1 saturated carbocycles. The summed E-state index contributed by atoms with van der Waals surface area (Å²) in [5, 5.41) is 4.74. The first-order valence-corrected chi connectivity index (χ1v) is 11.8. The fourth-order valence-electron chi connectivity index (χ4n) is 5.25. The van der Waals surface area contributed by atoms with Gasteiger partial charge >= 0.3 is 0 Å². The number of fused-ring (bicyclic) bond motifs is 1. The van der Waals surface area contributed by atoms with Crippen molar-refractivity contribution in [2.75, 3.05) is 27.3 Å². The van der Waals surface area contributed by atoms with E-state index in [1.54, 1.807) is 14.2 Å². The number of hydrogen-bond acceptors (Lipinski definition) is 5. The van der Waals surface area contributed by atoms with Gasteiger partial charge in [0.1, 0.15) is 17.1 Å². The molecule has 0 amide bonds. The molecule has 0 unspecified atom stereocenters.